The monoisotopic (exact) mass is 190 g/mol. The van der Waals surface area contributed by atoms with Crippen LogP contribution in [0.3, 0.4) is 0 Å². The van der Waals surface area contributed by atoms with Crippen molar-refractivity contribution in [3.8, 4) is 0 Å². The van der Waals surface area contributed by atoms with Gasteiger partial charge in [0.15, 0.2) is 0 Å². The van der Waals surface area contributed by atoms with Crippen molar-refractivity contribution in [1.82, 2.24) is 5.32 Å². The summed E-state index contributed by atoms with van der Waals surface area (Å²) in [5.41, 5.74) is 0. The third kappa shape index (κ3) is 10.1. The summed E-state index contributed by atoms with van der Waals surface area (Å²) < 4.78 is 0. The van der Waals surface area contributed by atoms with Crippen molar-refractivity contribution in [1.29, 1.82) is 0 Å². The molecule has 0 saturated carbocycles. The molecule has 0 aromatic carbocycles. The van der Waals surface area contributed by atoms with Gasteiger partial charge in [0.2, 0.25) is 0 Å². The molecular formula is C6H15NY. The van der Waals surface area contributed by atoms with Crippen LogP contribution in [0, 0.1) is 0 Å². The molecule has 0 saturated heterocycles. The van der Waals surface area contributed by atoms with Gasteiger partial charge in [0, 0.05) is 44.8 Å². The Balaban J connectivity index is 0. The topological polar surface area (TPSA) is 12.0 Å². The number of hydrogen-bond acceptors (Lipinski definition) is 1. The second kappa shape index (κ2) is 6.19. The number of rotatable bonds is 2. The second-order valence-corrected chi connectivity index (χ2v) is 2.48. The van der Waals surface area contributed by atoms with Gasteiger partial charge in [-0.1, -0.05) is 27.7 Å². The molecule has 0 amide bonds. The molecule has 1 radical (unpaired) electrons. The maximum atomic E-state index is 3.31. The van der Waals surface area contributed by atoms with Crippen molar-refractivity contribution in [2.24, 2.45) is 0 Å². The van der Waals surface area contributed by atoms with Crippen LogP contribution in [0.15, 0.2) is 0 Å². The fourth-order valence-corrected chi connectivity index (χ4v) is 0.667. The number of nitrogens with one attached hydrogen (secondary N) is 1. The summed E-state index contributed by atoms with van der Waals surface area (Å²) in [4.78, 5) is 0. The molecule has 0 atom stereocenters. The predicted molar refractivity (Wildman–Crippen MR) is 33.4 cm³/mol. The van der Waals surface area contributed by atoms with E-state index in [1.807, 2.05) is 0 Å². The van der Waals surface area contributed by atoms with Gasteiger partial charge in [0.05, 0.1) is 0 Å². The standard InChI is InChI=1S/C6H15N.Y/c1-5(2)7-6(3)4;/h5-7H,1-4H3;. The van der Waals surface area contributed by atoms with E-state index in [1.165, 1.54) is 0 Å². The normalized spacial score (nSPS) is 9.75. The van der Waals surface area contributed by atoms with Crippen LogP contribution in [0.1, 0.15) is 27.7 Å². The maximum absolute atomic E-state index is 3.31. The van der Waals surface area contributed by atoms with Gasteiger partial charge in [-0.05, 0) is 0 Å². The zero-order valence-corrected chi connectivity index (χ0v) is 9.07. The molecule has 0 aromatic rings. The Kier molecular flexibility index (Phi) is 9.14. The molecule has 1 nitrogen and oxygen atoms in total. The fourth-order valence-electron chi connectivity index (χ4n) is 0.667. The van der Waals surface area contributed by atoms with Crippen LogP contribution in [0.2, 0.25) is 0 Å². The van der Waals surface area contributed by atoms with E-state index in [9.17, 15) is 0 Å². The van der Waals surface area contributed by atoms with E-state index >= 15 is 0 Å². The smallest absolute Gasteiger partial charge is 0.00127 e. The Hall–Kier alpha value is 1.06. The van der Waals surface area contributed by atoms with E-state index < -0.39 is 0 Å². The van der Waals surface area contributed by atoms with Crippen molar-refractivity contribution in [2.75, 3.05) is 0 Å². The minimum atomic E-state index is 0. The molecule has 0 aliphatic heterocycles. The third-order valence-electron chi connectivity index (χ3n) is 0.667. The molecule has 0 rings (SSSR count). The van der Waals surface area contributed by atoms with Crippen molar-refractivity contribution in [3.05, 3.63) is 0 Å². The SMILES string of the molecule is CC(C)NC(C)C.[Y]. The van der Waals surface area contributed by atoms with Crippen LogP contribution in [-0.2, 0) is 32.7 Å². The Morgan fingerprint density at radius 3 is 1.12 bits per heavy atom. The van der Waals surface area contributed by atoms with Gasteiger partial charge < -0.3 is 5.32 Å². The van der Waals surface area contributed by atoms with E-state index in [0.717, 1.165) is 0 Å². The van der Waals surface area contributed by atoms with E-state index in [2.05, 4.69) is 33.0 Å². The summed E-state index contributed by atoms with van der Waals surface area (Å²) in [6.45, 7) is 8.61. The molecule has 0 aromatic heterocycles. The fraction of sp³-hybridized carbons (Fsp3) is 1.00. The summed E-state index contributed by atoms with van der Waals surface area (Å²) in [6, 6.07) is 1.25. The summed E-state index contributed by atoms with van der Waals surface area (Å²) >= 11 is 0. The molecule has 1 N–H and O–H groups in total. The van der Waals surface area contributed by atoms with Gasteiger partial charge in [-0.25, -0.2) is 0 Å². The Morgan fingerprint density at radius 2 is 1.12 bits per heavy atom. The zero-order chi connectivity index (χ0) is 5.86. The summed E-state index contributed by atoms with van der Waals surface area (Å²) in [5.74, 6) is 0. The van der Waals surface area contributed by atoms with Crippen LogP contribution in [0.25, 0.3) is 0 Å². The van der Waals surface area contributed by atoms with Crippen molar-refractivity contribution < 1.29 is 32.7 Å². The summed E-state index contributed by atoms with van der Waals surface area (Å²) in [7, 11) is 0. The molecule has 2 heteroatoms. The third-order valence-corrected chi connectivity index (χ3v) is 0.667. The van der Waals surface area contributed by atoms with Crippen molar-refractivity contribution in [3.63, 3.8) is 0 Å². The summed E-state index contributed by atoms with van der Waals surface area (Å²) in [6.07, 6.45) is 0. The van der Waals surface area contributed by atoms with Crippen molar-refractivity contribution >= 4 is 0 Å². The quantitative estimate of drug-likeness (QED) is 0.693. The van der Waals surface area contributed by atoms with Gasteiger partial charge in [0.1, 0.15) is 0 Å². The molecule has 0 heterocycles. The summed E-state index contributed by atoms with van der Waals surface area (Å²) in [5, 5.41) is 3.31. The predicted octanol–water partition coefficient (Wildman–Crippen LogP) is 1.39. The van der Waals surface area contributed by atoms with Crippen molar-refractivity contribution in [2.45, 2.75) is 39.8 Å². The van der Waals surface area contributed by atoms with Gasteiger partial charge >= 0.3 is 0 Å². The molecular weight excluding hydrogens is 175 g/mol. The van der Waals surface area contributed by atoms with E-state index in [-0.39, 0.29) is 32.7 Å². The van der Waals surface area contributed by atoms with Gasteiger partial charge in [0.25, 0.3) is 0 Å². The Bertz CT molecular complexity index is 37.8. The molecule has 0 aliphatic rings. The Labute approximate surface area is 77.5 Å². The first-order valence-corrected chi connectivity index (χ1v) is 2.89. The van der Waals surface area contributed by atoms with Crippen LogP contribution in [-0.4, -0.2) is 12.1 Å². The largest absolute Gasteiger partial charge is 0.312 e. The van der Waals surface area contributed by atoms with E-state index in [4.69, 9.17) is 0 Å². The van der Waals surface area contributed by atoms with E-state index in [0.29, 0.717) is 12.1 Å². The molecule has 0 spiro atoms. The molecule has 0 fully saturated rings. The molecule has 47 valence electrons. The minimum Gasteiger partial charge on any atom is -0.312 e. The van der Waals surface area contributed by atoms with Gasteiger partial charge in [-0.2, -0.15) is 0 Å². The van der Waals surface area contributed by atoms with Crippen LogP contribution < -0.4 is 5.32 Å². The molecule has 0 bridgehead atoms. The molecule has 8 heavy (non-hydrogen) atoms. The first-order chi connectivity index (χ1) is 3.13. The van der Waals surface area contributed by atoms with Crippen LogP contribution in [0.4, 0.5) is 0 Å². The molecule has 0 unspecified atom stereocenters. The van der Waals surface area contributed by atoms with Gasteiger partial charge in [-0.15, -0.1) is 0 Å². The average molecular weight is 190 g/mol. The second-order valence-electron chi connectivity index (χ2n) is 2.48. The van der Waals surface area contributed by atoms with Gasteiger partial charge in [-0.3, -0.25) is 0 Å². The number of hydrogen-bond donors (Lipinski definition) is 1. The van der Waals surface area contributed by atoms with E-state index in [1.54, 1.807) is 0 Å². The Morgan fingerprint density at radius 1 is 0.875 bits per heavy atom. The zero-order valence-electron chi connectivity index (χ0n) is 6.23. The minimum absolute atomic E-state index is 0. The van der Waals surface area contributed by atoms with Crippen LogP contribution >= 0.6 is 0 Å². The first kappa shape index (κ1) is 11.8. The molecule has 0 aliphatic carbocycles. The first-order valence-electron chi connectivity index (χ1n) is 2.89. The van der Waals surface area contributed by atoms with Crippen LogP contribution in [0.5, 0.6) is 0 Å². The average Bonchev–Trinajstić information content (AvgIpc) is 1.27. The maximum Gasteiger partial charge on any atom is 0.00127 e.